The lowest BCUT2D eigenvalue weighted by Crippen LogP contribution is -2.07. The summed E-state index contributed by atoms with van der Waals surface area (Å²) in [7, 11) is 0. The molecule has 0 saturated heterocycles. The summed E-state index contributed by atoms with van der Waals surface area (Å²) in [5, 5.41) is 8.20. The number of ether oxygens (including phenoxy) is 1. The summed E-state index contributed by atoms with van der Waals surface area (Å²) in [6, 6.07) is 3.18. The van der Waals surface area contributed by atoms with Crippen LogP contribution in [0.2, 0.25) is 0 Å². The predicted molar refractivity (Wildman–Crippen MR) is 90.9 cm³/mol. The molecule has 26 heavy (non-hydrogen) atoms. The van der Waals surface area contributed by atoms with E-state index in [0.29, 0.717) is 30.7 Å². The smallest absolute Gasteiger partial charge is 0.187 e. The van der Waals surface area contributed by atoms with Crippen LogP contribution >= 0.6 is 0 Å². The number of aromatic nitrogens is 6. The third-order valence-electron chi connectivity index (χ3n) is 4.71. The Kier molecular flexibility index (Phi) is 3.41. The van der Waals surface area contributed by atoms with Gasteiger partial charge in [0.15, 0.2) is 5.65 Å². The predicted octanol–water partition coefficient (Wildman–Crippen LogP) is 2.17. The van der Waals surface area contributed by atoms with Gasteiger partial charge < -0.3 is 9.30 Å². The maximum Gasteiger partial charge on any atom is 0.187 e. The molecular formula is C18H15FN6O. The van der Waals surface area contributed by atoms with Gasteiger partial charge >= 0.3 is 0 Å². The number of aryl methyl sites for hydroxylation is 1. The number of rotatable bonds is 4. The van der Waals surface area contributed by atoms with Gasteiger partial charge in [0, 0.05) is 30.8 Å². The van der Waals surface area contributed by atoms with Crippen molar-refractivity contribution in [2.24, 2.45) is 0 Å². The average molecular weight is 350 g/mol. The molecule has 0 saturated carbocycles. The Morgan fingerprint density at radius 2 is 2.15 bits per heavy atom. The molecule has 7 nitrogen and oxygen atoms in total. The molecule has 4 heterocycles. The van der Waals surface area contributed by atoms with Crippen molar-refractivity contribution in [2.75, 3.05) is 6.61 Å². The number of fused-ring (bicyclic) bond motifs is 2. The lowest BCUT2D eigenvalue weighted by atomic mass is 10.00. The van der Waals surface area contributed by atoms with Gasteiger partial charge in [0.1, 0.15) is 29.4 Å². The first-order valence-electron chi connectivity index (χ1n) is 8.40. The third-order valence-corrected chi connectivity index (χ3v) is 4.71. The van der Waals surface area contributed by atoms with E-state index in [-0.39, 0.29) is 5.82 Å². The highest BCUT2D eigenvalue weighted by Crippen LogP contribution is 2.31. The van der Waals surface area contributed by atoms with Crippen LogP contribution in [-0.2, 0) is 19.3 Å². The third kappa shape index (κ3) is 2.33. The van der Waals surface area contributed by atoms with E-state index in [0.717, 1.165) is 29.2 Å². The molecule has 1 aliphatic heterocycles. The first kappa shape index (κ1) is 15.0. The first-order chi connectivity index (χ1) is 12.8. The van der Waals surface area contributed by atoms with Gasteiger partial charge in [0.05, 0.1) is 19.1 Å². The van der Waals surface area contributed by atoms with E-state index in [1.54, 1.807) is 31.1 Å². The summed E-state index contributed by atoms with van der Waals surface area (Å²) >= 11 is 0. The van der Waals surface area contributed by atoms with Crippen LogP contribution in [0.15, 0.2) is 43.4 Å². The molecule has 1 aliphatic rings. The van der Waals surface area contributed by atoms with E-state index < -0.39 is 0 Å². The Morgan fingerprint density at radius 3 is 3.04 bits per heavy atom. The Hall–Kier alpha value is -3.29. The van der Waals surface area contributed by atoms with E-state index in [1.807, 2.05) is 15.2 Å². The van der Waals surface area contributed by atoms with Crippen LogP contribution in [0.3, 0.4) is 0 Å². The van der Waals surface area contributed by atoms with Crippen molar-refractivity contribution in [3.05, 3.63) is 66.1 Å². The van der Waals surface area contributed by atoms with Crippen LogP contribution in [0.5, 0.6) is 5.75 Å². The number of halogens is 1. The molecule has 1 aromatic carbocycles. The summed E-state index contributed by atoms with van der Waals surface area (Å²) < 4.78 is 23.6. The van der Waals surface area contributed by atoms with Crippen LogP contribution in [0.1, 0.15) is 17.0 Å². The Balaban J connectivity index is 1.49. The van der Waals surface area contributed by atoms with Gasteiger partial charge in [0.25, 0.3) is 0 Å². The van der Waals surface area contributed by atoms with Crippen molar-refractivity contribution in [3.63, 3.8) is 0 Å². The van der Waals surface area contributed by atoms with Crippen molar-refractivity contribution < 1.29 is 9.13 Å². The minimum Gasteiger partial charge on any atom is -0.493 e. The molecule has 4 aromatic rings. The lowest BCUT2D eigenvalue weighted by Gasteiger charge is -2.10. The van der Waals surface area contributed by atoms with Crippen LogP contribution in [0.4, 0.5) is 4.39 Å². The van der Waals surface area contributed by atoms with Crippen molar-refractivity contribution in [3.8, 4) is 11.4 Å². The van der Waals surface area contributed by atoms with Crippen LogP contribution in [0, 0.1) is 5.82 Å². The standard InChI is InChI=1S/C18H15FN6O/c19-14-2-3-16-13(5-8-26-16)12(14)1-4-17-21-9-15(24-7-6-20-10-24)18-23-22-11-25(17)18/h2-3,6-7,9-11H,1,4-5,8H2. The maximum atomic E-state index is 14.3. The topological polar surface area (TPSA) is 70.1 Å². The SMILES string of the molecule is Fc1ccc2c(c1CCc1ncc(-n3ccnc3)c3nncn13)CCO2. The Morgan fingerprint density at radius 1 is 1.19 bits per heavy atom. The van der Waals surface area contributed by atoms with Gasteiger partial charge in [-0.25, -0.2) is 14.4 Å². The van der Waals surface area contributed by atoms with Crippen molar-refractivity contribution in [1.82, 2.24) is 29.1 Å². The van der Waals surface area contributed by atoms with Gasteiger partial charge in [-0.2, -0.15) is 0 Å². The second-order valence-electron chi connectivity index (χ2n) is 6.16. The zero-order valence-corrected chi connectivity index (χ0v) is 13.8. The van der Waals surface area contributed by atoms with Crippen molar-refractivity contribution >= 4 is 5.65 Å². The molecule has 0 bridgehead atoms. The van der Waals surface area contributed by atoms with Gasteiger partial charge in [-0.1, -0.05) is 0 Å². The van der Waals surface area contributed by atoms with Crippen LogP contribution < -0.4 is 4.74 Å². The number of imidazole rings is 1. The Labute approximate surface area is 148 Å². The molecular weight excluding hydrogens is 335 g/mol. The van der Waals surface area contributed by atoms with Crippen LogP contribution in [0.25, 0.3) is 11.3 Å². The number of nitrogens with zero attached hydrogens (tertiary/aromatic N) is 6. The molecule has 8 heteroatoms. The normalized spacial score (nSPS) is 13.1. The summed E-state index contributed by atoms with van der Waals surface area (Å²) in [6.45, 7) is 0.610. The summed E-state index contributed by atoms with van der Waals surface area (Å²) in [5.41, 5.74) is 3.17. The molecule has 0 fully saturated rings. The van der Waals surface area contributed by atoms with E-state index >= 15 is 0 Å². The minimum atomic E-state index is -0.190. The summed E-state index contributed by atoms with van der Waals surface area (Å²) in [4.78, 5) is 8.61. The zero-order valence-electron chi connectivity index (χ0n) is 13.8. The lowest BCUT2D eigenvalue weighted by molar-refractivity contribution is 0.356. The van der Waals surface area contributed by atoms with Crippen LogP contribution in [-0.4, -0.2) is 35.7 Å². The van der Waals surface area contributed by atoms with Crippen molar-refractivity contribution in [1.29, 1.82) is 0 Å². The zero-order chi connectivity index (χ0) is 17.5. The highest BCUT2D eigenvalue weighted by Gasteiger charge is 2.20. The molecule has 0 unspecified atom stereocenters. The fourth-order valence-corrected chi connectivity index (χ4v) is 3.45. The summed E-state index contributed by atoms with van der Waals surface area (Å²) in [5.74, 6) is 1.38. The first-order valence-corrected chi connectivity index (χ1v) is 8.40. The van der Waals surface area contributed by atoms with E-state index in [9.17, 15) is 4.39 Å². The molecule has 0 atom stereocenters. The van der Waals surface area contributed by atoms with Crippen molar-refractivity contribution in [2.45, 2.75) is 19.3 Å². The van der Waals surface area contributed by atoms with Gasteiger partial charge in [0.2, 0.25) is 0 Å². The molecule has 0 radical (unpaired) electrons. The molecule has 5 rings (SSSR count). The van der Waals surface area contributed by atoms with Gasteiger partial charge in [-0.15, -0.1) is 10.2 Å². The molecule has 0 amide bonds. The maximum absolute atomic E-state index is 14.3. The highest BCUT2D eigenvalue weighted by atomic mass is 19.1. The van der Waals surface area contributed by atoms with E-state index in [4.69, 9.17) is 4.74 Å². The number of benzene rings is 1. The molecule has 0 aliphatic carbocycles. The molecule has 0 spiro atoms. The quantitative estimate of drug-likeness (QED) is 0.564. The molecule has 130 valence electrons. The Bertz CT molecular complexity index is 1090. The van der Waals surface area contributed by atoms with Gasteiger partial charge in [-0.3, -0.25) is 4.40 Å². The second kappa shape index (κ2) is 5.91. The molecule has 3 aromatic heterocycles. The largest absolute Gasteiger partial charge is 0.493 e. The minimum absolute atomic E-state index is 0.190. The van der Waals surface area contributed by atoms with E-state index in [2.05, 4.69) is 20.2 Å². The highest BCUT2D eigenvalue weighted by molar-refractivity contribution is 5.57. The monoisotopic (exact) mass is 350 g/mol. The number of hydrogen-bond acceptors (Lipinski definition) is 5. The molecule has 0 N–H and O–H groups in total. The fraction of sp³-hybridized carbons (Fsp3) is 0.222. The van der Waals surface area contributed by atoms with E-state index in [1.165, 1.54) is 6.07 Å². The number of hydrogen-bond donors (Lipinski definition) is 0. The summed E-state index contributed by atoms with van der Waals surface area (Å²) in [6.07, 6.45) is 10.5. The van der Waals surface area contributed by atoms with Gasteiger partial charge in [-0.05, 0) is 24.1 Å². The fourth-order valence-electron chi connectivity index (χ4n) is 3.45. The average Bonchev–Trinajstić information content (AvgIpc) is 3.40. The second-order valence-corrected chi connectivity index (χ2v) is 6.16.